The van der Waals surface area contributed by atoms with Crippen LogP contribution in [0.3, 0.4) is 0 Å². The van der Waals surface area contributed by atoms with E-state index < -0.39 is 0 Å². The second-order valence-corrected chi connectivity index (χ2v) is 5.05. The fraction of sp³-hybridized carbons (Fsp3) is 0.333. The van der Waals surface area contributed by atoms with Crippen LogP contribution in [0, 0.1) is 11.3 Å². The summed E-state index contributed by atoms with van der Waals surface area (Å²) in [5.74, 6) is 0.206. The molecule has 0 aromatic carbocycles. The number of nitrogen functional groups attached to an aromatic ring is 1. The van der Waals surface area contributed by atoms with Crippen LogP contribution in [-0.2, 0) is 6.42 Å². The van der Waals surface area contributed by atoms with Gasteiger partial charge in [0.1, 0.15) is 11.6 Å². The summed E-state index contributed by atoms with van der Waals surface area (Å²) in [6.07, 6.45) is 2.94. The maximum absolute atomic E-state index is 11.8. The van der Waals surface area contributed by atoms with Gasteiger partial charge in [-0.2, -0.15) is 10.4 Å². The van der Waals surface area contributed by atoms with Crippen molar-refractivity contribution in [2.75, 3.05) is 12.3 Å². The Morgan fingerprint density at radius 1 is 1.52 bits per heavy atom. The van der Waals surface area contributed by atoms with Gasteiger partial charge in [0.2, 0.25) is 0 Å². The lowest BCUT2D eigenvalue weighted by Crippen LogP contribution is -2.37. The first kappa shape index (κ1) is 16.3. The van der Waals surface area contributed by atoms with E-state index in [2.05, 4.69) is 25.8 Å². The number of H-pyrrole nitrogens is 1. The SMILES string of the molecule is C[C@@H](NC(=O)NCCCc1[nH]nc(N)c1C#N)c1ccccn1. The predicted molar refractivity (Wildman–Crippen MR) is 85.2 cm³/mol. The van der Waals surface area contributed by atoms with E-state index in [1.54, 1.807) is 6.20 Å². The Balaban J connectivity index is 1.72. The first-order valence-electron chi connectivity index (χ1n) is 7.30. The van der Waals surface area contributed by atoms with Crippen molar-refractivity contribution in [2.24, 2.45) is 0 Å². The van der Waals surface area contributed by atoms with Crippen LogP contribution >= 0.6 is 0 Å². The number of carbonyl (C=O) groups excluding carboxylic acids is 1. The minimum Gasteiger partial charge on any atom is -0.381 e. The Kier molecular flexibility index (Phi) is 5.52. The monoisotopic (exact) mass is 313 g/mol. The minimum absolute atomic E-state index is 0.172. The molecule has 0 unspecified atom stereocenters. The Hall–Kier alpha value is -3.08. The highest BCUT2D eigenvalue weighted by Crippen LogP contribution is 2.13. The van der Waals surface area contributed by atoms with Gasteiger partial charge in [-0.3, -0.25) is 10.1 Å². The van der Waals surface area contributed by atoms with Crippen LogP contribution in [0.1, 0.15) is 36.3 Å². The van der Waals surface area contributed by atoms with Crippen LogP contribution in [0.15, 0.2) is 24.4 Å². The molecule has 2 heterocycles. The number of anilines is 1. The maximum atomic E-state index is 11.8. The second-order valence-electron chi connectivity index (χ2n) is 5.05. The third-order valence-corrected chi connectivity index (χ3v) is 3.35. The molecule has 0 aliphatic carbocycles. The fourth-order valence-corrected chi connectivity index (χ4v) is 2.12. The standard InChI is InChI=1S/C15H19N7O/c1-10(12-5-2-3-7-18-12)20-15(23)19-8-4-6-13-11(9-16)14(17)22-21-13/h2-3,5,7,10H,4,6,8H2,1H3,(H3,17,21,22)(H2,19,20,23)/t10-/m1/s1. The number of nitrogens with zero attached hydrogens (tertiary/aromatic N) is 3. The number of nitrogens with one attached hydrogen (secondary N) is 3. The number of carbonyl (C=O) groups is 1. The van der Waals surface area contributed by atoms with Gasteiger partial charge in [0.15, 0.2) is 5.82 Å². The number of rotatable bonds is 6. The molecule has 0 saturated carbocycles. The van der Waals surface area contributed by atoms with Gasteiger partial charge in [-0.15, -0.1) is 0 Å². The summed E-state index contributed by atoms with van der Waals surface area (Å²) in [4.78, 5) is 16.0. The Morgan fingerprint density at radius 3 is 3.04 bits per heavy atom. The number of hydrogen-bond donors (Lipinski definition) is 4. The van der Waals surface area contributed by atoms with Gasteiger partial charge in [-0.25, -0.2) is 4.79 Å². The van der Waals surface area contributed by atoms with Crippen LogP contribution < -0.4 is 16.4 Å². The highest BCUT2D eigenvalue weighted by molar-refractivity contribution is 5.74. The second kappa shape index (κ2) is 7.79. The molecule has 8 nitrogen and oxygen atoms in total. The van der Waals surface area contributed by atoms with Crippen molar-refractivity contribution in [3.8, 4) is 6.07 Å². The summed E-state index contributed by atoms with van der Waals surface area (Å²) < 4.78 is 0. The molecule has 0 aliphatic rings. The van der Waals surface area contributed by atoms with E-state index >= 15 is 0 Å². The van der Waals surface area contributed by atoms with Gasteiger partial charge in [-0.05, 0) is 31.9 Å². The van der Waals surface area contributed by atoms with E-state index in [4.69, 9.17) is 11.0 Å². The Bertz CT molecular complexity index is 690. The number of nitrogens with two attached hydrogens (primary N) is 1. The van der Waals surface area contributed by atoms with E-state index in [0.717, 1.165) is 5.69 Å². The first-order valence-corrected chi connectivity index (χ1v) is 7.30. The topological polar surface area (TPSA) is 133 Å². The van der Waals surface area contributed by atoms with E-state index in [0.29, 0.717) is 30.6 Å². The number of nitriles is 1. The fourth-order valence-electron chi connectivity index (χ4n) is 2.12. The molecule has 120 valence electrons. The Labute approximate surface area is 134 Å². The molecule has 0 spiro atoms. The molecule has 2 amide bonds. The summed E-state index contributed by atoms with van der Waals surface area (Å²) >= 11 is 0. The number of pyridine rings is 1. The van der Waals surface area contributed by atoms with Crippen LogP contribution in [0.25, 0.3) is 0 Å². The third-order valence-electron chi connectivity index (χ3n) is 3.35. The summed E-state index contributed by atoms with van der Waals surface area (Å²) in [5, 5.41) is 21.1. The quantitative estimate of drug-likeness (QED) is 0.596. The van der Waals surface area contributed by atoms with E-state index in [-0.39, 0.29) is 17.9 Å². The molecule has 8 heteroatoms. The summed E-state index contributed by atoms with van der Waals surface area (Å²) in [6, 6.07) is 7.15. The number of aromatic nitrogens is 3. The number of hydrogen-bond acceptors (Lipinski definition) is 5. The molecule has 0 aliphatic heterocycles. The van der Waals surface area contributed by atoms with Gasteiger partial charge in [0.05, 0.1) is 17.4 Å². The first-order chi connectivity index (χ1) is 11.1. The molecule has 0 saturated heterocycles. The van der Waals surface area contributed by atoms with E-state index in [1.165, 1.54) is 0 Å². The predicted octanol–water partition coefficient (Wildman–Crippen LogP) is 1.25. The summed E-state index contributed by atoms with van der Waals surface area (Å²) in [6.45, 7) is 2.35. The van der Waals surface area contributed by atoms with Crippen molar-refractivity contribution < 1.29 is 4.79 Å². The zero-order chi connectivity index (χ0) is 16.7. The smallest absolute Gasteiger partial charge is 0.315 e. The zero-order valence-corrected chi connectivity index (χ0v) is 12.8. The maximum Gasteiger partial charge on any atom is 0.315 e. The number of amides is 2. The summed E-state index contributed by atoms with van der Waals surface area (Å²) in [5.41, 5.74) is 7.43. The molecule has 5 N–H and O–H groups in total. The van der Waals surface area contributed by atoms with Crippen LogP contribution in [0.4, 0.5) is 10.6 Å². The average molecular weight is 313 g/mol. The highest BCUT2D eigenvalue weighted by atomic mass is 16.2. The van der Waals surface area contributed by atoms with Crippen LogP contribution in [0.2, 0.25) is 0 Å². The molecule has 0 radical (unpaired) electrons. The van der Waals surface area contributed by atoms with E-state index in [9.17, 15) is 4.79 Å². The number of urea groups is 1. The average Bonchev–Trinajstić information content (AvgIpc) is 2.92. The van der Waals surface area contributed by atoms with Gasteiger partial charge in [0, 0.05) is 12.7 Å². The minimum atomic E-state index is -0.257. The van der Waals surface area contributed by atoms with Gasteiger partial charge in [-0.1, -0.05) is 6.07 Å². The molecule has 2 aromatic rings. The largest absolute Gasteiger partial charge is 0.381 e. The molecule has 0 fully saturated rings. The normalized spacial score (nSPS) is 11.5. The molecule has 2 rings (SSSR count). The van der Waals surface area contributed by atoms with Crippen molar-refractivity contribution in [3.05, 3.63) is 41.3 Å². The lowest BCUT2D eigenvalue weighted by Gasteiger charge is -2.14. The Morgan fingerprint density at radius 2 is 2.35 bits per heavy atom. The van der Waals surface area contributed by atoms with Crippen LogP contribution in [-0.4, -0.2) is 27.8 Å². The molecule has 2 aromatic heterocycles. The molecule has 23 heavy (non-hydrogen) atoms. The lowest BCUT2D eigenvalue weighted by molar-refractivity contribution is 0.237. The molecular formula is C15H19N7O. The molecule has 1 atom stereocenters. The number of aromatic amines is 1. The van der Waals surface area contributed by atoms with Crippen molar-refractivity contribution in [2.45, 2.75) is 25.8 Å². The van der Waals surface area contributed by atoms with Gasteiger partial charge in [0.25, 0.3) is 0 Å². The molecule has 0 bridgehead atoms. The highest BCUT2D eigenvalue weighted by Gasteiger charge is 2.11. The van der Waals surface area contributed by atoms with Gasteiger partial charge < -0.3 is 16.4 Å². The lowest BCUT2D eigenvalue weighted by atomic mass is 10.1. The summed E-state index contributed by atoms with van der Waals surface area (Å²) in [7, 11) is 0. The molecular weight excluding hydrogens is 294 g/mol. The van der Waals surface area contributed by atoms with Crippen molar-refractivity contribution in [1.29, 1.82) is 5.26 Å². The van der Waals surface area contributed by atoms with Crippen molar-refractivity contribution in [1.82, 2.24) is 25.8 Å². The van der Waals surface area contributed by atoms with Crippen molar-refractivity contribution in [3.63, 3.8) is 0 Å². The van der Waals surface area contributed by atoms with E-state index in [1.807, 2.05) is 31.2 Å². The third kappa shape index (κ3) is 4.44. The number of aryl methyl sites for hydroxylation is 1. The van der Waals surface area contributed by atoms with Gasteiger partial charge >= 0.3 is 6.03 Å². The van der Waals surface area contributed by atoms with Crippen LogP contribution in [0.5, 0.6) is 0 Å². The zero-order valence-electron chi connectivity index (χ0n) is 12.8. The van der Waals surface area contributed by atoms with Crippen molar-refractivity contribution >= 4 is 11.8 Å².